The summed E-state index contributed by atoms with van der Waals surface area (Å²) < 4.78 is 79.1. The highest BCUT2D eigenvalue weighted by molar-refractivity contribution is 5.40. The first-order valence-corrected chi connectivity index (χ1v) is 4.64. The fraction of sp³-hybridized carbons (Fsp3) is 0.400. The third kappa shape index (κ3) is 3.06. The molecular formula is C10H9F6NO. The Bertz CT molecular complexity index is 425. The molecule has 0 saturated heterocycles. The minimum atomic E-state index is -4.81. The van der Waals surface area contributed by atoms with Crippen molar-refractivity contribution >= 4 is 0 Å². The number of halogens is 6. The molecule has 0 aliphatic carbocycles. The van der Waals surface area contributed by atoms with Gasteiger partial charge in [-0.1, -0.05) is 6.07 Å². The second-order valence-electron chi connectivity index (χ2n) is 3.48. The number of nitrogens with two attached hydrogens (primary N) is 1. The maximum absolute atomic E-state index is 12.6. The van der Waals surface area contributed by atoms with Gasteiger partial charge in [0.1, 0.15) is 11.8 Å². The van der Waals surface area contributed by atoms with E-state index in [0.717, 1.165) is 19.2 Å². The zero-order valence-corrected chi connectivity index (χ0v) is 9.06. The number of hydrogen-bond acceptors (Lipinski definition) is 2. The molecule has 0 aliphatic heterocycles. The normalized spacial score (nSPS) is 14.4. The zero-order chi connectivity index (χ0) is 14.1. The molecule has 2 nitrogen and oxygen atoms in total. The summed E-state index contributed by atoms with van der Waals surface area (Å²) in [5, 5.41) is 0. The lowest BCUT2D eigenvalue weighted by Gasteiger charge is -2.18. The number of benzene rings is 1. The summed E-state index contributed by atoms with van der Waals surface area (Å²) in [6.07, 6.45) is -9.62. The Morgan fingerprint density at radius 3 is 2.06 bits per heavy atom. The molecule has 0 aliphatic rings. The molecule has 0 heterocycles. The average molecular weight is 273 g/mol. The standard InChI is InChI=1S/C10H9F6NO/c1-18-7-3-2-5(8(17)10(14,15)16)4-6(7)9(11,12)13/h2-4,8H,17H2,1H3. The van der Waals surface area contributed by atoms with Crippen LogP contribution in [0.4, 0.5) is 26.3 Å². The zero-order valence-electron chi connectivity index (χ0n) is 9.06. The van der Waals surface area contributed by atoms with Gasteiger partial charge in [0.05, 0.1) is 12.7 Å². The van der Waals surface area contributed by atoms with Crippen LogP contribution in [0.15, 0.2) is 18.2 Å². The van der Waals surface area contributed by atoms with Crippen LogP contribution >= 0.6 is 0 Å². The lowest BCUT2D eigenvalue weighted by Crippen LogP contribution is -2.28. The van der Waals surface area contributed by atoms with Gasteiger partial charge >= 0.3 is 12.4 Å². The summed E-state index contributed by atoms with van der Waals surface area (Å²) in [4.78, 5) is 0. The summed E-state index contributed by atoms with van der Waals surface area (Å²) in [6, 6.07) is -0.461. The van der Waals surface area contributed by atoms with E-state index in [-0.39, 0.29) is 0 Å². The minimum absolute atomic E-state index is 0.344. The van der Waals surface area contributed by atoms with Crippen molar-refractivity contribution in [1.82, 2.24) is 0 Å². The summed E-state index contributed by atoms with van der Waals surface area (Å²) in [5.74, 6) is -0.555. The summed E-state index contributed by atoms with van der Waals surface area (Å²) in [6.45, 7) is 0. The van der Waals surface area contributed by atoms with Crippen molar-refractivity contribution in [2.75, 3.05) is 7.11 Å². The molecule has 0 fully saturated rings. The van der Waals surface area contributed by atoms with Crippen LogP contribution in [0.1, 0.15) is 17.2 Å². The van der Waals surface area contributed by atoms with Crippen molar-refractivity contribution < 1.29 is 31.1 Å². The molecule has 1 rings (SSSR count). The van der Waals surface area contributed by atoms with Crippen LogP contribution in [0.2, 0.25) is 0 Å². The van der Waals surface area contributed by atoms with Crippen LogP contribution < -0.4 is 10.5 Å². The van der Waals surface area contributed by atoms with E-state index in [4.69, 9.17) is 5.73 Å². The van der Waals surface area contributed by atoms with Crippen molar-refractivity contribution in [2.24, 2.45) is 5.73 Å². The van der Waals surface area contributed by atoms with E-state index in [1.54, 1.807) is 0 Å². The Morgan fingerprint density at radius 2 is 1.67 bits per heavy atom. The molecule has 0 saturated carbocycles. The van der Waals surface area contributed by atoms with E-state index in [2.05, 4.69) is 4.74 Å². The van der Waals surface area contributed by atoms with Gasteiger partial charge in [0.25, 0.3) is 0 Å². The van der Waals surface area contributed by atoms with Gasteiger partial charge in [0.15, 0.2) is 0 Å². The predicted octanol–water partition coefficient (Wildman–Crippen LogP) is 3.28. The molecule has 0 aromatic heterocycles. The van der Waals surface area contributed by atoms with E-state index in [1.165, 1.54) is 0 Å². The van der Waals surface area contributed by atoms with Gasteiger partial charge in [0.2, 0.25) is 0 Å². The summed E-state index contributed by atoms with van der Waals surface area (Å²) in [7, 11) is 0.994. The van der Waals surface area contributed by atoms with Crippen LogP contribution in [0.3, 0.4) is 0 Å². The highest BCUT2D eigenvalue weighted by Gasteiger charge is 2.40. The van der Waals surface area contributed by atoms with Crippen LogP contribution in [-0.2, 0) is 6.18 Å². The first-order chi connectivity index (χ1) is 8.07. The molecule has 1 atom stereocenters. The SMILES string of the molecule is COc1ccc(C(N)C(F)(F)F)cc1C(F)(F)F. The first-order valence-electron chi connectivity index (χ1n) is 4.64. The highest BCUT2D eigenvalue weighted by Crippen LogP contribution is 2.39. The Morgan fingerprint density at radius 1 is 1.11 bits per heavy atom. The molecule has 102 valence electrons. The molecule has 0 spiro atoms. The fourth-order valence-corrected chi connectivity index (χ4v) is 1.33. The maximum atomic E-state index is 12.6. The Labute approximate surface area is 98.3 Å². The molecule has 8 heteroatoms. The largest absolute Gasteiger partial charge is 0.496 e. The van der Waals surface area contributed by atoms with Gasteiger partial charge < -0.3 is 10.5 Å². The molecule has 0 amide bonds. The Hall–Kier alpha value is -1.44. The van der Waals surface area contributed by atoms with Gasteiger partial charge in [-0.3, -0.25) is 0 Å². The van der Waals surface area contributed by atoms with Gasteiger partial charge in [0, 0.05) is 0 Å². The number of ether oxygens (including phenoxy) is 1. The van der Waals surface area contributed by atoms with Gasteiger partial charge in [-0.2, -0.15) is 26.3 Å². The van der Waals surface area contributed by atoms with Crippen molar-refractivity contribution in [2.45, 2.75) is 18.4 Å². The number of hydrogen-bond donors (Lipinski definition) is 1. The van der Waals surface area contributed by atoms with E-state index in [1.807, 2.05) is 0 Å². The highest BCUT2D eigenvalue weighted by atomic mass is 19.4. The van der Waals surface area contributed by atoms with Crippen LogP contribution in [0, 0.1) is 0 Å². The topological polar surface area (TPSA) is 35.2 Å². The number of alkyl halides is 6. The summed E-state index contributed by atoms with van der Waals surface area (Å²) >= 11 is 0. The van der Waals surface area contributed by atoms with E-state index < -0.39 is 35.3 Å². The van der Waals surface area contributed by atoms with Crippen LogP contribution in [0.5, 0.6) is 5.75 Å². The van der Waals surface area contributed by atoms with Gasteiger partial charge in [-0.05, 0) is 17.7 Å². The number of methoxy groups -OCH3 is 1. The average Bonchev–Trinajstić information content (AvgIpc) is 2.24. The first kappa shape index (κ1) is 14.6. The molecule has 1 aromatic rings. The van der Waals surface area contributed by atoms with Crippen molar-refractivity contribution in [3.63, 3.8) is 0 Å². The van der Waals surface area contributed by atoms with E-state index in [0.29, 0.717) is 6.07 Å². The second kappa shape index (κ2) is 4.68. The third-order valence-electron chi connectivity index (χ3n) is 2.24. The Kier molecular flexibility index (Phi) is 3.80. The lowest BCUT2D eigenvalue weighted by molar-refractivity contribution is -0.150. The van der Waals surface area contributed by atoms with Crippen molar-refractivity contribution in [3.8, 4) is 5.75 Å². The quantitative estimate of drug-likeness (QED) is 0.839. The molecule has 0 radical (unpaired) electrons. The van der Waals surface area contributed by atoms with Crippen LogP contribution in [-0.4, -0.2) is 13.3 Å². The lowest BCUT2D eigenvalue weighted by atomic mass is 10.0. The Balaban J connectivity index is 3.28. The maximum Gasteiger partial charge on any atom is 0.419 e. The van der Waals surface area contributed by atoms with Gasteiger partial charge in [-0.15, -0.1) is 0 Å². The molecule has 1 aromatic carbocycles. The molecule has 0 bridgehead atoms. The monoisotopic (exact) mass is 273 g/mol. The smallest absolute Gasteiger partial charge is 0.419 e. The summed E-state index contributed by atoms with van der Waals surface area (Å²) in [5.41, 5.74) is 2.88. The van der Waals surface area contributed by atoms with Crippen LogP contribution in [0.25, 0.3) is 0 Å². The molecule has 2 N–H and O–H groups in total. The van der Waals surface area contributed by atoms with E-state index in [9.17, 15) is 26.3 Å². The molecular weight excluding hydrogens is 264 g/mol. The van der Waals surface area contributed by atoms with Gasteiger partial charge in [-0.25, -0.2) is 0 Å². The second-order valence-corrected chi connectivity index (χ2v) is 3.48. The third-order valence-corrected chi connectivity index (χ3v) is 2.24. The van der Waals surface area contributed by atoms with Crippen molar-refractivity contribution in [1.29, 1.82) is 0 Å². The van der Waals surface area contributed by atoms with Crippen molar-refractivity contribution in [3.05, 3.63) is 29.3 Å². The number of rotatable bonds is 2. The fourth-order valence-electron chi connectivity index (χ4n) is 1.33. The predicted molar refractivity (Wildman–Crippen MR) is 51.0 cm³/mol. The minimum Gasteiger partial charge on any atom is -0.496 e. The molecule has 1 unspecified atom stereocenters. The van der Waals surface area contributed by atoms with E-state index >= 15 is 0 Å². The molecule has 18 heavy (non-hydrogen) atoms.